The molecular weight excluding hydrogens is 336 g/mol. The Morgan fingerprint density at radius 3 is 2.67 bits per heavy atom. The maximum absolute atomic E-state index is 5.52. The van der Waals surface area contributed by atoms with E-state index in [9.17, 15) is 0 Å². The average molecular weight is 360 g/mol. The Kier molecular flexibility index (Phi) is 5.30. The van der Waals surface area contributed by atoms with Gasteiger partial charge < -0.3 is 10.1 Å². The average Bonchev–Trinajstić information content (AvgIpc) is 2.71. The van der Waals surface area contributed by atoms with Gasteiger partial charge in [0.2, 0.25) is 5.95 Å². The predicted molar refractivity (Wildman–Crippen MR) is 107 cm³/mol. The van der Waals surface area contributed by atoms with Crippen LogP contribution in [0, 0.1) is 0 Å². The van der Waals surface area contributed by atoms with Crippen molar-refractivity contribution in [1.29, 1.82) is 0 Å². The molecule has 0 amide bonds. The van der Waals surface area contributed by atoms with Crippen LogP contribution >= 0.6 is 0 Å². The number of para-hydroxylation sites is 1. The van der Waals surface area contributed by atoms with Crippen LogP contribution in [0.3, 0.4) is 0 Å². The number of hydrogen-bond acceptors (Lipinski definition) is 5. The van der Waals surface area contributed by atoms with E-state index in [2.05, 4.69) is 27.3 Å². The van der Waals surface area contributed by atoms with Crippen molar-refractivity contribution < 1.29 is 4.74 Å². The van der Waals surface area contributed by atoms with E-state index in [0.717, 1.165) is 43.2 Å². The van der Waals surface area contributed by atoms with Crippen molar-refractivity contribution in [2.24, 2.45) is 0 Å². The molecule has 5 heteroatoms. The SMILES string of the molecule is CCOc1ccc(CN2CCc3nc(Nc4ccccc4)ncc3C2)cc1. The Hall–Kier alpha value is -2.92. The Balaban J connectivity index is 1.39. The quantitative estimate of drug-likeness (QED) is 0.715. The maximum atomic E-state index is 5.52. The van der Waals surface area contributed by atoms with Gasteiger partial charge in [0.25, 0.3) is 0 Å². The summed E-state index contributed by atoms with van der Waals surface area (Å²) in [5.41, 5.74) is 4.66. The summed E-state index contributed by atoms with van der Waals surface area (Å²) in [6.45, 7) is 5.51. The number of aromatic nitrogens is 2. The molecule has 1 aromatic heterocycles. The summed E-state index contributed by atoms with van der Waals surface area (Å²) < 4.78 is 5.52. The second-order valence-electron chi connectivity index (χ2n) is 6.69. The van der Waals surface area contributed by atoms with Crippen molar-refractivity contribution in [1.82, 2.24) is 14.9 Å². The van der Waals surface area contributed by atoms with E-state index in [1.807, 2.05) is 55.6 Å². The van der Waals surface area contributed by atoms with Gasteiger partial charge in [0.05, 0.1) is 12.3 Å². The summed E-state index contributed by atoms with van der Waals surface area (Å²) in [5, 5.41) is 3.27. The van der Waals surface area contributed by atoms with Crippen LogP contribution in [0.15, 0.2) is 60.8 Å². The highest BCUT2D eigenvalue weighted by Gasteiger charge is 2.18. The minimum Gasteiger partial charge on any atom is -0.494 e. The molecule has 4 rings (SSSR count). The second kappa shape index (κ2) is 8.18. The molecule has 1 N–H and O–H groups in total. The fourth-order valence-corrected chi connectivity index (χ4v) is 3.34. The minimum atomic E-state index is 0.667. The summed E-state index contributed by atoms with van der Waals surface area (Å²) >= 11 is 0. The Morgan fingerprint density at radius 1 is 1.07 bits per heavy atom. The molecule has 0 bridgehead atoms. The van der Waals surface area contributed by atoms with Crippen LogP contribution in [0.4, 0.5) is 11.6 Å². The smallest absolute Gasteiger partial charge is 0.227 e. The van der Waals surface area contributed by atoms with Crippen LogP contribution in [0.5, 0.6) is 5.75 Å². The van der Waals surface area contributed by atoms with E-state index in [1.54, 1.807) is 0 Å². The summed E-state index contributed by atoms with van der Waals surface area (Å²) in [4.78, 5) is 11.6. The van der Waals surface area contributed by atoms with Gasteiger partial charge in [-0.2, -0.15) is 0 Å². The molecule has 27 heavy (non-hydrogen) atoms. The van der Waals surface area contributed by atoms with E-state index in [0.29, 0.717) is 12.6 Å². The molecule has 0 spiro atoms. The number of benzene rings is 2. The molecule has 0 saturated carbocycles. The highest BCUT2D eigenvalue weighted by molar-refractivity contribution is 5.52. The van der Waals surface area contributed by atoms with Crippen LogP contribution in [0.25, 0.3) is 0 Å². The van der Waals surface area contributed by atoms with Gasteiger partial charge in [-0.1, -0.05) is 30.3 Å². The van der Waals surface area contributed by atoms with E-state index in [-0.39, 0.29) is 0 Å². The zero-order valence-corrected chi connectivity index (χ0v) is 15.6. The number of anilines is 2. The minimum absolute atomic E-state index is 0.667. The predicted octanol–water partition coefficient (Wildman–Crippen LogP) is 4.18. The molecule has 0 unspecified atom stereocenters. The summed E-state index contributed by atoms with van der Waals surface area (Å²) in [6, 6.07) is 18.4. The van der Waals surface area contributed by atoms with Crippen LogP contribution in [-0.2, 0) is 19.5 Å². The first kappa shape index (κ1) is 17.5. The molecule has 5 nitrogen and oxygen atoms in total. The zero-order chi connectivity index (χ0) is 18.5. The summed E-state index contributed by atoms with van der Waals surface area (Å²) in [5.74, 6) is 1.59. The molecule has 1 aliphatic rings. The van der Waals surface area contributed by atoms with Crippen molar-refractivity contribution in [3.05, 3.63) is 77.6 Å². The third-order valence-corrected chi connectivity index (χ3v) is 4.68. The fraction of sp³-hybridized carbons (Fsp3) is 0.273. The van der Waals surface area contributed by atoms with E-state index in [1.165, 1.54) is 11.1 Å². The maximum Gasteiger partial charge on any atom is 0.227 e. The van der Waals surface area contributed by atoms with Crippen molar-refractivity contribution >= 4 is 11.6 Å². The highest BCUT2D eigenvalue weighted by Crippen LogP contribution is 2.22. The number of rotatable bonds is 6. The Bertz CT molecular complexity index is 881. The van der Waals surface area contributed by atoms with Crippen molar-refractivity contribution in [3.8, 4) is 5.75 Å². The second-order valence-corrected chi connectivity index (χ2v) is 6.69. The van der Waals surface area contributed by atoms with Crippen LogP contribution in [0.2, 0.25) is 0 Å². The molecule has 0 atom stereocenters. The molecule has 1 aliphatic heterocycles. The lowest BCUT2D eigenvalue weighted by molar-refractivity contribution is 0.243. The van der Waals surface area contributed by atoms with Crippen molar-refractivity contribution in [3.63, 3.8) is 0 Å². The van der Waals surface area contributed by atoms with Gasteiger partial charge in [-0.05, 0) is 36.8 Å². The molecule has 0 aliphatic carbocycles. The first-order valence-corrected chi connectivity index (χ1v) is 9.41. The van der Waals surface area contributed by atoms with E-state index >= 15 is 0 Å². The number of ether oxygens (including phenoxy) is 1. The summed E-state index contributed by atoms with van der Waals surface area (Å²) in [7, 11) is 0. The molecular formula is C22H24N4O. The molecule has 2 heterocycles. The molecule has 0 fully saturated rings. The van der Waals surface area contributed by atoms with Gasteiger partial charge in [0.15, 0.2) is 0 Å². The Morgan fingerprint density at radius 2 is 1.89 bits per heavy atom. The zero-order valence-electron chi connectivity index (χ0n) is 15.6. The van der Waals surface area contributed by atoms with Crippen molar-refractivity contribution in [2.45, 2.75) is 26.4 Å². The van der Waals surface area contributed by atoms with Gasteiger partial charge in [-0.15, -0.1) is 0 Å². The monoisotopic (exact) mass is 360 g/mol. The highest BCUT2D eigenvalue weighted by atomic mass is 16.5. The lowest BCUT2D eigenvalue weighted by Crippen LogP contribution is -2.31. The van der Waals surface area contributed by atoms with Crippen LogP contribution in [0.1, 0.15) is 23.7 Å². The largest absolute Gasteiger partial charge is 0.494 e. The molecule has 0 saturated heterocycles. The topological polar surface area (TPSA) is 50.3 Å². The third kappa shape index (κ3) is 4.44. The van der Waals surface area contributed by atoms with E-state index in [4.69, 9.17) is 9.72 Å². The molecule has 0 radical (unpaired) electrons. The normalized spacial score (nSPS) is 13.8. The van der Waals surface area contributed by atoms with Gasteiger partial charge >= 0.3 is 0 Å². The lowest BCUT2D eigenvalue weighted by Gasteiger charge is -2.28. The summed E-state index contributed by atoms with van der Waals surface area (Å²) in [6.07, 6.45) is 2.90. The fourth-order valence-electron chi connectivity index (χ4n) is 3.34. The van der Waals surface area contributed by atoms with Gasteiger partial charge in [-0.25, -0.2) is 9.97 Å². The first-order chi connectivity index (χ1) is 13.3. The van der Waals surface area contributed by atoms with Gasteiger partial charge in [-0.3, -0.25) is 4.90 Å². The number of fused-ring (bicyclic) bond motifs is 1. The first-order valence-electron chi connectivity index (χ1n) is 9.41. The molecule has 138 valence electrons. The van der Waals surface area contributed by atoms with Gasteiger partial charge in [0.1, 0.15) is 5.75 Å². The molecule has 3 aromatic rings. The number of hydrogen-bond donors (Lipinski definition) is 1. The lowest BCUT2D eigenvalue weighted by atomic mass is 10.1. The van der Waals surface area contributed by atoms with Gasteiger partial charge in [0, 0.05) is 43.5 Å². The standard InChI is InChI=1S/C22H24N4O/c1-2-27-20-10-8-17(9-11-20)15-26-13-12-21-18(16-26)14-23-22(25-21)24-19-6-4-3-5-7-19/h3-11,14H,2,12-13,15-16H2,1H3,(H,23,24,25). The van der Waals surface area contributed by atoms with Crippen molar-refractivity contribution in [2.75, 3.05) is 18.5 Å². The number of nitrogens with one attached hydrogen (secondary N) is 1. The third-order valence-electron chi connectivity index (χ3n) is 4.68. The van der Waals surface area contributed by atoms with Crippen LogP contribution in [-0.4, -0.2) is 28.0 Å². The Labute approximate surface area is 160 Å². The number of nitrogens with zero attached hydrogens (tertiary/aromatic N) is 3. The molecule has 2 aromatic carbocycles. The van der Waals surface area contributed by atoms with Crippen LogP contribution < -0.4 is 10.1 Å². The van der Waals surface area contributed by atoms with E-state index < -0.39 is 0 Å².